The van der Waals surface area contributed by atoms with Gasteiger partial charge < -0.3 is 34.6 Å². The predicted octanol–water partition coefficient (Wildman–Crippen LogP) is 1.07. The van der Waals surface area contributed by atoms with Crippen LogP contribution in [-0.2, 0) is 9.47 Å². The highest BCUT2D eigenvalue weighted by Crippen LogP contribution is 2.29. The number of benzene rings is 2. The molecule has 3 fully saturated rings. The van der Waals surface area contributed by atoms with Crippen LogP contribution in [0.5, 0.6) is 5.75 Å². The first kappa shape index (κ1) is 25.9. The number of fused-ring (bicyclic) bond motifs is 1. The number of anilines is 3. The Morgan fingerprint density at radius 2 is 1.74 bits per heavy atom. The lowest BCUT2D eigenvalue weighted by Crippen LogP contribution is -2.41. The molecule has 0 radical (unpaired) electrons. The molecule has 0 spiro atoms. The number of ether oxygens (including phenoxy) is 3. The number of carbonyl (C=O) groups excluding carboxylic acids is 1. The van der Waals surface area contributed by atoms with Gasteiger partial charge >= 0.3 is 0 Å². The zero-order valence-electron chi connectivity index (χ0n) is 22.4. The van der Waals surface area contributed by atoms with E-state index < -0.39 is 0 Å². The Balaban J connectivity index is 1.31. The van der Waals surface area contributed by atoms with Gasteiger partial charge in [0, 0.05) is 54.7 Å². The third-order valence-corrected chi connectivity index (χ3v) is 7.47. The number of amides is 1. The van der Waals surface area contributed by atoms with Crippen LogP contribution >= 0.6 is 0 Å². The standard InChI is InChI=1S/C28H35BN6O4/c29-21-13-20-18-31-28(33-26(20)25(16-21)39-24-1-3-30-4-2-24)32-22-14-19(27(36)35-7-11-38-12-8-35)15-23(17-22)34-5-9-37-10-6-34/h13-18,24,30H,1-12,29H2,(H,31,32,33). The van der Waals surface area contributed by atoms with Gasteiger partial charge in [-0.1, -0.05) is 11.5 Å². The summed E-state index contributed by atoms with van der Waals surface area (Å²) < 4.78 is 17.4. The molecule has 0 unspecified atom stereocenters. The summed E-state index contributed by atoms with van der Waals surface area (Å²) in [5, 5.41) is 7.71. The summed E-state index contributed by atoms with van der Waals surface area (Å²) in [4.78, 5) is 27.0. The van der Waals surface area contributed by atoms with Gasteiger partial charge in [0.05, 0.1) is 26.4 Å². The van der Waals surface area contributed by atoms with Crippen molar-refractivity contribution in [3.05, 3.63) is 42.1 Å². The van der Waals surface area contributed by atoms with Crippen molar-refractivity contribution >= 4 is 47.4 Å². The van der Waals surface area contributed by atoms with Crippen molar-refractivity contribution in [2.24, 2.45) is 0 Å². The zero-order valence-corrected chi connectivity index (χ0v) is 22.4. The Morgan fingerprint density at radius 3 is 2.51 bits per heavy atom. The Morgan fingerprint density at radius 1 is 1.00 bits per heavy atom. The molecule has 3 aromatic rings. The summed E-state index contributed by atoms with van der Waals surface area (Å²) in [5.41, 5.74) is 4.27. The molecule has 0 atom stereocenters. The average Bonchev–Trinajstić information content (AvgIpc) is 2.98. The van der Waals surface area contributed by atoms with E-state index in [9.17, 15) is 4.79 Å². The van der Waals surface area contributed by atoms with Crippen LogP contribution in [0.2, 0.25) is 0 Å². The van der Waals surface area contributed by atoms with E-state index in [1.807, 2.05) is 23.2 Å². The summed E-state index contributed by atoms with van der Waals surface area (Å²) >= 11 is 0. The first-order valence-electron chi connectivity index (χ1n) is 13.9. The lowest BCUT2D eigenvalue weighted by atomic mass is 9.94. The van der Waals surface area contributed by atoms with Crippen LogP contribution in [0.4, 0.5) is 17.3 Å². The van der Waals surface area contributed by atoms with E-state index >= 15 is 0 Å². The molecule has 4 heterocycles. The van der Waals surface area contributed by atoms with E-state index in [0.29, 0.717) is 51.0 Å². The molecule has 3 aliphatic rings. The minimum atomic E-state index is 0.00372. The van der Waals surface area contributed by atoms with Crippen LogP contribution in [0.1, 0.15) is 23.2 Å². The number of piperidine rings is 1. The van der Waals surface area contributed by atoms with Crippen LogP contribution in [0.3, 0.4) is 0 Å². The predicted molar refractivity (Wildman–Crippen MR) is 154 cm³/mol. The monoisotopic (exact) mass is 530 g/mol. The molecule has 3 saturated heterocycles. The molecule has 0 saturated carbocycles. The average molecular weight is 530 g/mol. The number of morpholine rings is 2. The van der Waals surface area contributed by atoms with Gasteiger partial charge in [-0.25, -0.2) is 9.97 Å². The third-order valence-electron chi connectivity index (χ3n) is 7.47. The fourth-order valence-corrected chi connectivity index (χ4v) is 5.39. The van der Waals surface area contributed by atoms with E-state index in [4.69, 9.17) is 19.2 Å². The molecule has 0 aliphatic carbocycles. The van der Waals surface area contributed by atoms with Gasteiger partial charge in [0.2, 0.25) is 5.95 Å². The van der Waals surface area contributed by atoms with E-state index in [1.54, 1.807) is 0 Å². The Bertz CT molecular complexity index is 1320. The summed E-state index contributed by atoms with van der Waals surface area (Å²) in [7, 11) is 2.06. The molecule has 1 aromatic heterocycles. The van der Waals surface area contributed by atoms with Crippen molar-refractivity contribution in [3.63, 3.8) is 0 Å². The third kappa shape index (κ3) is 6.10. The van der Waals surface area contributed by atoms with Gasteiger partial charge in [-0.2, -0.15) is 0 Å². The Kier molecular flexibility index (Phi) is 7.80. The molecule has 204 valence electrons. The summed E-state index contributed by atoms with van der Waals surface area (Å²) in [6.07, 6.45) is 3.94. The molecule has 0 bridgehead atoms. The quantitative estimate of drug-likeness (QED) is 0.454. The highest BCUT2D eigenvalue weighted by Gasteiger charge is 2.22. The van der Waals surface area contributed by atoms with Crippen molar-refractivity contribution in [3.8, 4) is 5.75 Å². The molecule has 11 heteroatoms. The number of nitrogens with zero attached hydrogens (tertiary/aromatic N) is 4. The molecule has 1 amide bonds. The maximum Gasteiger partial charge on any atom is 0.254 e. The number of hydrogen-bond donors (Lipinski definition) is 2. The van der Waals surface area contributed by atoms with Crippen LogP contribution in [0.15, 0.2) is 36.5 Å². The van der Waals surface area contributed by atoms with E-state index in [1.165, 1.54) is 0 Å². The largest absolute Gasteiger partial charge is 0.488 e. The minimum Gasteiger partial charge on any atom is -0.488 e. The van der Waals surface area contributed by atoms with Crippen molar-refractivity contribution in [2.45, 2.75) is 18.9 Å². The summed E-state index contributed by atoms with van der Waals surface area (Å²) in [6.45, 7) is 7.11. The minimum absolute atomic E-state index is 0.00372. The molecule has 2 aromatic carbocycles. The number of hydrogen-bond acceptors (Lipinski definition) is 9. The highest BCUT2D eigenvalue weighted by molar-refractivity contribution is 6.33. The molecule has 3 aliphatic heterocycles. The first-order chi connectivity index (χ1) is 19.1. The smallest absolute Gasteiger partial charge is 0.254 e. The summed E-state index contributed by atoms with van der Waals surface area (Å²) in [6, 6.07) is 10.0. The normalized spacial score (nSPS) is 18.8. The second kappa shape index (κ2) is 11.8. The zero-order chi connectivity index (χ0) is 26.6. The molecular formula is C28H35BN6O4. The maximum atomic E-state index is 13.4. The van der Waals surface area contributed by atoms with Crippen LogP contribution < -0.4 is 25.7 Å². The van der Waals surface area contributed by atoms with Crippen LogP contribution in [0.25, 0.3) is 10.9 Å². The topological polar surface area (TPSA) is 101 Å². The van der Waals surface area contributed by atoms with Gasteiger partial charge in [-0.3, -0.25) is 4.79 Å². The highest BCUT2D eigenvalue weighted by atomic mass is 16.5. The molecular weight excluding hydrogens is 495 g/mol. The molecule has 2 N–H and O–H groups in total. The second-order valence-electron chi connectivity index (χ2n) is 10.4. The van der Waals surface area contributed by atoms with Crippen molar-refractivity contribution in [1.82, 2.24) is 20.2 Å². The van der Waals surface area contributed by atoms with Gasteiger partial charge in [0.15, 0.2) is 0 Å². The van der Waals surface area contributed by atoms with Crippen LogP contribution in [-0.4, -0.2) is 100 Å². The molecule has 6 rings (SSSR count). The van der Waals surface area contributed by atoms with Crippen LogP contribution in [0, 0.1) is 0 Å². The second-order valence-corrected chi connectivity index (χ2v) is 10.4. The van der Waals surface area contributed by atoms with E-state index in [2.05, 4.69) is 46.6 Å². The molecule has 39 heavy (non-hydrogen) atoms. The first-order valence-corrected chi connectivity index (χ1v) is 13.9. The van der Waals surface area contributed by atoms with Gasteiger partial charge in [-0.15, -0.1) is 0 Å². The molecule has 10 nitrogen and oxygen atoms in total. The Labute approximate surface area is 229 Å². The van der Waals surface area contributed by atoms with Gasteiger partial charge in [0.1, 0.15) is 25.2 Å². The fourth-order valence-electron chi connectivity index (χ4n) is 5.39. The van der Waals surface area contributed by atoms with Crippen molar-refractivity contribution < 1.29 is 19.0 Å². The number of rotatable bonds is 6. The maximum absolute atomic E-state index is 13.4. The van der Waals surface area contributed by atoms with Gasteiger partial charge in [-0.05, 0) is 50.2 Å². The van der Waals surface area contributed by atoms with Gasteiger partial charge in [0.25, 0.3) is 5.91 Å². The SMILES string of the molecule is Bc1cc(OC2CCNCC2)c2nc(Nc3cc(C(=O)N4CCOCC4)cc(N4CCOCC4)c3)ncc2c1. The summed E-state index contributed by atoms with van der Waals surface area (Å²) in [5.74, 6) is 1.25. The van der Waals surface area contributed by atoms with E-state index in [0.717, 1.165) is 72.5 Å². The lowest BCUT2D eigenvalue weighted by Gasteiger charge is -2.31. The van der Waals surface area contributed by atoms with Crippen molar-refractivity contribution in [2.75, 3.05) is 75.9 Å². The number of nitrogens with one attached hydrogen (secondary N) is 2. The Hall–Kier alpha value is -3.41. The number of carbonyl (C=O) groups is 1. The lowest BCUT2D eigenvalue weighted by molar-refractivity contribution is 0.0303. The number of aromatic nitrogens is 2. The fraction of sp³-hybridized carbons (Fsp3) is 0.464. The van der Waals surface area contributed by atoms with Crippen molar-refractivity contribution in [1.29, 1.82) is 0 Å². The van der Waals surface area contributed by atoms with E-state index in [-0.39, 0.29) is 12.0 Å².